The fourth-order valence-corrected chi connectivity index (χ4v) is 3.19. The summed E-state index contributed by atoms with van der Waals surface area (Å²) in [5.74, 6) is 0.904. The molecule has 1 amide bonds. The van der Waals surface area contributed by atoms with Gasteiger partial charge in [0.1, 0.15) is 5.52 Å². The number of amides is 1. The molecule has 1 atom stereocenters. The van der Waals surface area contributed by atoms with Crippen LogP contribution in [0.5, 0.6) is 0 Å². The Balaban J connectivity index is 1.68. The summed E-state index contributed by atoms with van der Waals surface area (Å²) in [5.41, 5.74) is 2.11. The third-order valence-corrected chi connectivity index (χ3v) is 4.56. The molecule has 2 heterocycles. The van der Waals surface area contributed by atoms with E-state index in [1.54, 1.807) is 6.07 Å². The van der Waals surface area contributed by atoms with Gasteiger partial charge in [0.2, 0.25) is 0 Å². The van der Waals surface area contributed by atoms with E-state index in [4.69, 9.17) is 4.42 Å². The van der Waals surface area contributed by atoms with Gasteiger partial charge in [0.15, 0.2) is 11.5 Å². The molecule has 1 N–H and O–H groups in total. The molecule has 1 saturated heterocycles. The van der Waals surface area contributed by atoms with Crippen LogP contribution in [0.1, 0.15) is 55.8 Å². The number of nitrogens with zero attached hydrogens (tertiary/aromatic N) is 2. The van der Waals surface area contributed by atoms with Crippen LogP contribution in [0.2, 0.25) is 0 Å². The first-order valence-electron chi connectivity index (χ1n) is 8.51. The number of benzene rings is 1. The van der Waals surface area contributed by atoms with E-state index >= 15 is 0 Å². The SMILES string of the molecule is CCN1CCC[C@H]1CNC(=O)c1ccc2nc(C(C)C)oc2c1. The lowest BCUT2D eigenvalue weighted by atomic mass is 10.1. The maximum Gasteiger partial charge on any atom is 0.251 e. The van der Waals surface area contributed by atoms with Crippen LogP contribution >= 0.6 is 0 Å². The molecule has 0 saturated carbocycles. The monoisotopic (exact) mass is 315 g/mol. The number of hydrogen-bond acceptors (Lipinski definition) is 4. The number of carbonyl (C=O) groups excluding carboxylic acids is 1. The summed E-state index contributed by atoms with van der Waals surface area (Å²) in [6.07, 6.45) is 2.38. The highest BCUT2D eigenvalue weighted by Gasteiger charge is 2.23. The van der Waals surface area contributed by atoms with Crippen molar-refractivity contribution in [3.05, 3.63) is 29.7 Å². The average Bonchev–Trinajstić information content (AvgIpc) is 3.17. The van der Waals surface area contributed by atoms with Gasteiger partial charge in [0, 0.05) is 24.1 Å². The molecular weight excluding hydrogens is 290 g/mol. The molecule has 23 heavy (non-hydrogen) atoms. The summed E-state index contributed by atoms with van der Waals surface area (Å²) in [6, 6.07) is 5.92. The Morgan fingerprint density at radius 1 is 1.48 bits per heavy atom. The van der Waals surface area contributed by atoms with Crippen molar-refractivity contribution >= 4 is 17.0 Å². The van der Waals surface area contributed by atoms with Crippen molar-refractivity contribution < 1.29 is 9.21 Å². The van der Waals surface area contributed by atoms with Crippen molar-refractivity contribution in [3.63, 3.8) is 0 Å². The summed E-state index contributed by atoms with van der Waals surface area (Å²) < 4.78 is 5.73. The van der Waals surface area contributed by atoms with Gasteiger partial charge in [-0.05, 0) is 44.1 Å². The zero-order valence-electron chi connectivity index (χ0n) is 14.1. The Labute approximate surface area is 137 Å². The van der Waals surface area contributed by atoms with Crippen LogP contribution in [0.3, 0.4) is 0 Å². The first kappa shape index (κ1) is 16.0. The second-order valence-electron chi connectivity index (χ2n) is 6.52. The number of oxazole rings is 1. The number of likely N-dealkylation sites (tertiary alicyclic amines) is 1. The number of likely N-dealkylation sites (N-methyl/N-ethyl adjacent to an activating group) is 1. The van der Waals surface area contributed by atoms with E-state index in [-0.39, 0.29) is 11.8 Å². The molecule has 1 fully saturated rings. The van der Waals surface area contributed by atoms with E-state index in [0.717, 1.165) is 25.0 Å². The predicted molar refractivity (Wildman–Crippen MR) is 90.7 cm³/mol. The summed E-state index contributed by atoms with van der Waals surface area (Å²) in [6.45, 7) is 9.14. The molecule has 0 radical (unpaired) electrons. The number of aromatic nitrogens is 1. The Morgan fingerprint density at radius 2 is 2.30 bits per heavy atom. The lowest BCUT2D eigenvalue weighted by Gasteiger charge is -2.22. The summed E-state index contributed by atoms with van der Waals surface area (Å²) >= 11 is 0. The maximum absolute atomic E-state index is 12.4. The van der Waals surface area contributed by atoms with Gasteiger partial charge in [-0.25, -0.2) is 4.98 Å². The Hall–Kier alpha value is -1.88. The zero-order valence-corrected chi connectivity index (χ0v) is 14.1. The molecule has 1 aromatic heterocycles. The molecule has 1 aliphatic heterocycles. The minimum atomic E-state index is -0.0441. The summed E-state index contributed by atoms with van der Waals surface area (Å²) in [4.78, 5) is 19.3. The molecule has 0 spiro atoms. The lowest BCUT2D eigenvalue weighted by molar-refractivity contribution is 0.0941. The van der Waals surface area contributed by atoms with E-state index < -0.39 is 0 Å². The largest absolute Gasteiger partial charge is 0.440 e. The highest BCUT2D eigenvalue weighted by Crippen LogP contribution is 2.22. The van der Waals surface area contributed by atoms with Crippen LogP contribution in [0.4, 0.5) is 0 Å². The molecule has 3 rings (SSSR count). The number of rotatable bonds is 5. The molecule has 1 aromatic carbocycles. The van der Waals surface area contributed by atoms with Gasteiger partial charge in [-0.15, -0.1) is 0 Å². The molecule has 0 bridgehead atoms. The van der Waals surface area contributed by atoms with Crippen molar-refractivity contribution in [2.24, 2.45) is 0 Å². The second kappa shape index (κ2) is 6.71. The van der Waals surface area contributed by atoms with Crippen LogP contribution in [-0.2, 0) is 0 Å². The van der Waals surface area contributed by atoms with Gasteiger partial charge in [-0.3, -0.25) is 9.69 Å². The smallest absolute Gasteiger partial charge is 0.251 e. The average molecular weight is 315 g/mol. The third-order valence-electron chi connectivity index (χ3n) is 4.56. The number of fused-ring (bicyclic) bond motifs is 1. The van der Waals surface area contributed by atoms with E-state index in [1.807, 2.05) is 26.0 Å². The maximum atomic E-state index is 12.4. The fourth-order valence-electron chi connectivity index (χ4n) is 3.19. The molecule has 0 aliphatic carbocycles. The van der Waals surface area contributed by atoms with Crippen LogP contribution in [-0.4, -0.2) is 41.5 Å². The predicted octanol–water partition coefficient (Wildman–Crippen LogP) is 3.17. The third kappa shape index (κ3) is 3.39. The van der Waals surface area contributed by atoms with Crippen molar-refractivity contribution in [2.75, 3.05) is 19.6 Å². The normalized spacial score (nSPS) is 18.9. The van der Waals surface area contributed by atoms with E-state index in [2.05, 4.69) is 22.1 Å². The number of carbonyl (C=O) groups is 1. The van der Waals surface area contributed by atoms with Crippen molar-refractivity contribution in [3.8, 4) is 0 Å². The number of hydrogen-bond donors (Lipinski definition) is 1. The zero-order chi connectivity index (χ0) is 16.4. The first-order valence-corrected chi connectivity index (χ1v) is 8.51. The quantitative estimate of drug-likeness (QED) is 0.921. The van der Waals surface area contributed by atoms with Crippen LogP contribution in [0, 0.1) is 0 Å². The van der Waals surface area contributed by atoms with Crippen LogP contribution < -0.4 is 5.32 Å². The highest BCUT2D eigenvalue weighted by atomic mass is 16.3. The van der Waals surface area contributed by atoms with Crippen LogP contribution in [0.15, 0.2) is 22.6 Å². The van der Waals surface area contributed by atoms with Gasteiger partial charge in [0.05, 0.1) is 0 Å². The summed E-state index contributed by atoms with van der Waals surface area (Å²) in [7, 11) is 0. The first-order chi connectivity index (χ1) is 11.1. The lowest BCUT2D eigenvalue weighted by Crippen LogP contribution is -2.40. The minimum absolute atomic E-state index is 0.0441. The van der Waals surface area contributed by atoms with Gasteiger partial charge >= 0.3 is 0 Å². The van der Waals surface area contributed by atoms with Gasteiger partial charge in [0.25, 0.3) is 5.91 Å². The molecule has 1 aliphatic rings. The van der Waals surface area contributed by atoms with Crippen molar-refractivity contribution in [2.45, 2.75) is 45.6 Å². The Kier molecular flexibility index (Phi) is 4.66. The number of nitrogens with one attached hydrogen (secondary N) is 1. The molecule has 5 nitrogen and oxygen atoms in total. The molecular formula is C18H25N3O2. The molecule has 2 aromatic rings. The van der Waals surface area contributed by atoms with Crippen molar-refractivity contribution in [1.82, 2.24) is 15.2 Å². The van der Waals surface area contributed by atoms with Crippen LogP contribution in [0.25, 0.3) is 11.1 Å². The highest BCUT2D eigenvalue weighted by molar-refractivity contribution is 5.97. The van der Waals surface area contributed by atoms with Gasteiger partial charge in [-0.2, -0.15) is 0 Å². The second-order valence-corrected chi connectivity index (χ2v) is 6.52. The van der Waals surface area contributed by atoms with E-state index in [9.17, 15) is 4.79 Å². The molecule has 0 unspecified atom stereocenters. The summed E-state index contributed by atoms with van der Waals surface area (Å²) in [5, 5.41) is 3.06. The van der Waals surface area contributed by atoms with E-state index in [1.165, 1.54) is 6.42 Å². The van der Waals surface area contributed by atoms with Crippen molar-refractivity contribution in [1.29, 1.82) is 0 Å². The Bertz CT molecular complexity index is 693. The minimum Gasteiger partial charge on any atom is -0.440 e. The van der Waals surface area contributed by atoms with Gasteiger partial charge in [-0.1, -0.05) is 20.8 Å². The Morgan fingerprint density at radius 3 is 3.04 bits per heavy atom. The van der Waals surface area contributed by atoms with Gasteiger partial charge < -0.3 is 9.73 Å². The fraction of sp³-hybridized carbons (Fsp3) is 0.556. The molecule has 124 valence electrons. The van der Waals surface area contributed by atoms with E-state index in [0.29, 0.717) is 29.6 Å². The standard InChI is InChI=1S/C18H25N3O2/c1-4-21-9-5-6-14(21)11-19-17(22)13-7-8-15-16(10-13)23-18(20-15)12(2)3/h7-8,10,12,14H,4-6,9,11H2,1-3H3,(H,19,22)/t14-/m0/s1. The molecule has 5 heteroatoms. The topological polar surface area (TPSA) is 58.4 Å².